The van der Waals surface area contributed by atoms with E-state index < -0.39 is 10.0 Å². The average Bonchev–Trinajstić information content (AvgIpc) is 3.00. The molecule has 0 unspecified atom stereocenters. The molecular weight excluding hydrogens is 322 g/mol. The van der Waals surface area contributed by atoms with Crippen molar-refractivity contribution >= 4 is 10.0 Å². The third-order valence-corrected chi connectivity index (χ3v) is 5.26. The summed E-state index contributed by atoms with van der Waals surface area (Å²) in [6.45, 7) is 0.662. The van der Waals surface area contributed by atoms with Crippen LogP contribution in [0.25, 0.3) is 11.3 Å². The van der Waals surface area contributed by atoms with E-state index in [1.165, 1.54) is 10.2 Å². The maximum absolute atomic E-state index is 13.0. The third-order valence-electron chi connectivity index (χ3n) is 3.60. The molecule has 1 aromatic carbocycles. The predicted octanol–water partition coefficient (Wildman–Crippen LogP) is 2.85. The number of hydrogen-bond acceptors (Lipinski definition) is 4. The highest BCUT2D eigenvalue weighted by Gasteiger charge is 2.22. The molecule has 0 atom stereocenters. The normalized spacial score (nSPS) is 11.8. The summed E-state index contributed by atoms with van der Waals surface area (Å²) in [6, 6.07) is 14.6. The zero-order valence-corrected chi connectivity index (χ0v) is 14.4. The second-order valence-corrected chi connectivity index (χ2v) is 7.64. The molecule has 0 aliphatic rings. The number of aromatic nitrogens is 2. The quantitative estimate of drug-likeness (QED) is 0.716. The Balaban J connectivity index is 2.17. The van der Waals surface area contributed by atoms with Gasteiger partial charge in [0.1, 0.15) is 4.90 Å². The molecular formula is C18H19N3O2S. The molecule has 3 rings (SSSR count). The van der Waals surface area contributed by atoms with E-state index in [-0.39, 0.29) is 4.90 Å². The van der Waals surface area contributed by atoms with Crippen molar-refractivity contribution in [2.75, 3.05) is 14.1 Å². The Morgan fingerprint density at radius 3 is 2.46 bits per heavy atom. The van der Waals surface area contributed by atoms with Crippen LogP contribution in [0.5, 0.6) is 0 Å². The van der Waals surface area contributed by atoms with Gasteiger partial charge in [0.2, 0.25) is 0 Å². The average molecular weight is 341 g/mol. The van der Waals surface area contributed by atoms with Crippen LogP contribution in [0.4, 0.5) is 0 Å². The molecule has 0 spiro atoms. The van der Waals surface area contributed by atoms with Crippen LogP contribution in [-0.2, 0) is 16.6 Å². The van der Waals surface area contributed by atoms with Crippen molar-refractivity contribution < 1.29 is 8.42 Å². The van der Waals surface area contributed by atoms with Crippen LogP contribution < -0.4 is 0 Å². The van der Waals surface area contributed by atoms with E-state index >= 15 is 0 Å². The molecule has 124 valence electrons. The highest BCUT2D eigenvalue weighted by Crippen LogP contribution is 2.27. The zero-order chi connectivity index (χ0) is 17.2. The van der Waals surface area contributed by atoms with Gasteiger partial charge in [-0.2, -0.15) is 0 Å². The second-order valence-electron chi connectivity index (χ2n) is 5.83. The van der Waals surface area contributed by atoms with Gasteiger partial charge in [0, 0.05) is 25.1 Å². The van der Waals surface area contributed by atoms with Crippen LogP contribution in [0.2, 0.25) is 0 Å². The topological polar surface area (TPSA) is 55.2 Å². The SMILES string of the molecule is CN(C)Cc1cc(-c2ccccc2)n(S(=O)(=O)c2cccnc2)c1. The van der Waals surface area contributed by atoms with Crippen molar-refractivity contribution in [1.29, 1.82) is 0 Å². The predicted molar refractivity (Wildman–Crippen MR) is 94.1 cm³/mol. The minimum Gasteiger partial charge on any atom is -0.305 e. The first kappa shape index (κ1) is 16.4. The van der Waals surface area contributed by atoms with Crippen molar-refractivity contribution in [3.05, 3.63) is 72.7 Å². The fourth-order valence-electron chi connectivity index (χ4n) is 2.58. The van der Waals surface area contributed by atoms with Crippen LogP contribution in [0.15, 0.2) is 72.0 Å². The Labute approximate surface area is 142 Å². The van der Waals surface area contributed by atoms with Gasteiger partial charge in [-0.15, -0.1) is 0 Å². The number of rotatable bonds is 5. The standard InChI is InChI=1S/C18H19N3O2S/c1-20(2)13-15-11-18(16-7-4-3-5-8-16)21(14-15)24(22,23)17-9-6-10-19-12-17/h3-12,14H,13H2,1-2H3. The molecule has 0 saturated carbocycles. The van der Waals surface area contributed by atoms with E-state index in [0.29, 0.717) is 12.2 Å². The first-order chi connectivity index (χ1) is 11.5. The summed E-state index contributed by atoms with van der Waals surface area (Å²) in [5.41, 5.74) is 2.44. The van der Waals surface area contributed by atoms with E-state index in [0.717, 1.165) is 11.1 Å². The summed E-state index contributed by atoms with van der Waals surface area (Å²) in [5.74, 6) is 0. The van der Waals surface area contributed by atoms with Crippen molar-refractivity contribution in [2.24, 2.45) is 0 Å². The van der Waals surface area contributed by atoms with Gasteiger partial charge >= 0.3 is 0 Å². The Bertz CT molecular complexity index is 917. The highest BCUT2D eigenvalue weighted by molar-refractivity contribution is 7.90. The molecule has 0 aliphatic heterocycles. The number of benzene rings is 1. The molecule has 0 saturated heterocycles. The molecule has 3 aromatic rings. The molecule has 24 heavy (non-hydrogen) atoms. The summed E-state index contributed by atoms with van der Waals surface area (Å²) in [7, 11) is 0.210. The van der Waals surface area contributed by atoms with Gasteiger partial charge in [-0.1, -0.05) is 30.3 Å². The third kappa shape index (κ3) is 3.25. The fourth-order valence-corrected chi connectivity index (χ4v) is 3.94. The lowest BCUT2D eigenvalue weighted by atomic mass is 10.1. The first-order valence-electron chi connectivity index (χ1n) is 7.55. The van der Waals surface area contributed by atoms with E-state index in [4.69, 9.17) is 0 Å². The number of hydrogen-bond donors (Lipinski definition) is 0. The summed E-state index contributed by atoms with van der Waals surface area (Å²) < 4.78 is 27.4. The minimum atomic E-state index is -3.70. The van der Waals surface area contributed by atoms with Crippen LogP contribution >= 0.6 is 0 Å². The van der Waals surface area contributed by atoms with Gasteiger partial charge in [0.15, 0.2) is 0 Å². The van der Waals surface area contributed by atoms with Crippen molar-refractivity contribution in [1.82, 2.24) is 13.9 Å². The van der Waals surface area contributed by atoms with E-state index in [2.05, 4.69) is 4.98 Å². The summed E-state index contributed by atoms with van der Waals surface area (Å²) in [5, 5.41) is 0. The molecule has 0 N–H and O–H groups in total. The van der Waals surface area contributed by atoms with Gasteiger partial charge in [0.05, 0.1) is 5.69 Å². The molecule has 0 bridgehead atoms. The number of nitrogens with zero attached hydrogens (tertiary/aromatic N) is 3. The van der Waals surface area contributed by atoms with Crippen molar-refractivity contribution in [3.63, 3.8) is 0 Å². The molecule has 2 heterocycles. The second kappa shape index (κ2) is 6.59. The molecule has 0 radical (unpaired) electrons. The fraction of sp³-hybridized carbons (Fsp3) is 0.167. The van der Waals surface area contributed by atoms with Gasteiger partial charge in [-0.05, 0) is 43.4 Å². The lowest BCUT2D eigenvalue weighted by Crippen LogP contribution is -2.14. The lowest BCUT2D eigenvalue weighted by Gasteiger charge is -2.10. The molecule has 6 heteroatoms. The van der Waals surface area contributed by atoms with Crippen LogP contribution in [0, 0.1) is 0 Å². The van der Waals surface area contributed by atoms with Crippen molar-refractivity contribution in [2.45, 2.75) is 11.4 Å². The number of pyridine rings is 1. The van der Waals surface area contributed by atoms with Crippen LogP contribution in [0.1, 0.15) is 5.56 Å². The minimum absolute atomic E-state index is 0.175. The van der Waals surface area contributed by atoms with Gasteiger partial charge in [0.25, 0.3) is 10.0 Å². The summed E-state index contributed by atoms with van der Waals surface area (Å²) in [6.07, 6.45) is 4.62. The molecule has 5 nitrogen and oxygen atoms in total. The van der Waals surface area contributed by atoms with E-state index in [1.807, 2.05) is 55.4 Å². The lowest BCUT2D eigenvalue weighted by molar-refractivity contribution is 0.402. The zero-order valence-electron chi connectivity index (χ0n) is 13.6. The Morgan fingerprint density at radius 1 is 1.08 bits per heavy atom. The van der Waals surface area contributed by atoms with Gasteiger partial charge in [-0.3, -0.25) is 4.98 Å². The van der Waals surface area contributed by atoms with Crippen LogP contribution in [-0.4, -0.2) is 36.4 Å². The maximum atomic E-state index is 13.0. The monoisotopic (exact) mass is 341 g/mol. The largest absolute Gasteiger partial charge is 0.305 e. The highest BCUT2D eigenvalue weighted by atomic mass is 32.2. The van der Waals surface area contributed by atoms with E-state index in [1.54, 1.807) is 24.5 Å². The molecule has 2 aromatic heterocycles. The Kier molecular flexibility index (Phi) is 4.51. The molecule has 0 amide bonds. The maximum Gasteiger partial charge on any atom is 0.269 e. The summed E-state index contributed by atoms with van der Waals surface area (Å²) in [4.78, 5) is 6.11. The van der Waals surface area contributed by atoms with Crippen LogP contribution in [0.3, 0.4) is 0 Å². The smallest absolute Gasteiger partial charge is 0.269 e. The van der Waals surface area contributed by atoms with Gasteiger partial charge < -0.3 is 4.90 Å². The molecule has 0 aliphatic carbocycles. The first-order valence-corrected chi connectivity index (χ1v) is 8.99. The van der Waals surface area contributed by atoms with Crippen molar-refractivity contribution in [3.8, 4) is 11.3 Å². The molecule has 0 fully saturated rings. The Morgan fingerprint density at radius 2 is 1.83 bits per heavy atom. The van der Waals surface area contributed by atoms with Gasteiger partial charge in [-0.25, -0.2) is 12.4 Å². The van der Waals surface area contributed by atoms with E-state index in [9.17, 15) is 8.42 Å². The Hall–Kier alpha value is -2.44. The summed E-state index contributed by atoms with van der Waals surface area (Å²) >= 11 is 0.